The first-order chi connectivity index (χ1) is 6.74. The van der Waals surface area contributed by atoms with E-state index in [-0.39, 0.29) is 5.91 Å². The molecule has 1 rings (SSSR count). The van der Waals surface area contributed by atoms with Crippen LogP contribution in [0.3, 0.4) is 0 Å². The SMILES string of the molecule is CN1CCN(C(=O)CNCCN)CC1. The first-order valence-corrected chi connectivity index (χ1v) is 5.11. The summed E-state index contributed by atoms with van der Waals surface area (Å²) in [6, 6.07) is 0. The van der Waals surface area contributed by atoms with Gasteiger partial charge in [0, 0.05) is 39.3 Å². The Bertz CT molecular complexity index is 178. The number of amides is 1. The van der Waals surface area contributed by atoms with Gasteiger partial charge < -0.3 is 20.9 Å². The molecule has 1 fully saturated rings. The van der Waals surface area contributed by atoms with E-state index in [9.17, 15) is 4.79 Å². The Morgan fingerprint density at radius 1 is 1.36 bits per heavy atom. The summed E-state index contributed by atoms with van der Waals surface area (Å²) in [7, 11) is 2.08. The van der Waals surface area contributed by atoms with Crippen LogP contribution in [0.5, 0.6) is 0 Å². The van der Waals surface area contributed by atoms with E-state index in [1.807, 2.05) is 4.90 Å². The fraction of sp³-hybridized carbons (Fsp3) is 0.889. The van der Waals surface area contributed by atoms with Crippen molar-refractivity contribution in [3.05, 3.63) is 0 Å². The molecule has 1 heterocycles. The molecule has 1 aliphatic heterocycles. The lowest BCUT2D eigenvalue weighted by atomic mass is 10.3. The van der Waals surface area contributed by atoms with Crippen molar-refractivity contribution in [2.75, 3.05) is 52.9 Å². The molecule has 0 aromatic rings. The Hall–Kier alpha value is -0.650. The van der Waals surface area contributed by atoms with Gasteiger partial charge >= 0.3 is 0 Å². The molecule has 3 N–H and O–H groups in total. The van der Waals surface area contributed by atoms with Gasteiger partial charge in [-0.25, -0.2) is 0 Å². The zero-order valence-electron chi connectivity index (χ0n) is 8.83. The Labute approximate surface area is 85.2 Å². The van der Waals surface area contributed by atoms with Crippen molar-refractivity contribution >= 4 is 5.91 Å². The number of hydrogen-bond acceptors (Lipinski definition) is 4. The highest BCUT2D eigenvalue weighted by Crippen LogP contribution is 1.98. The second-order valence-electron chi connectivity index (χ2n) is 3.65. The quantitative estimate of drug-likeness (QED) is 0.532. The van der Waals surface area contributed by atoms with Crippen LogP contribution in [0.25, 0.3) is 0 Å². The number of likely N-dealkylation sites (N-methyl/N-ethyl adjacent to an activating group) is 1. The Morgan fingerprint density at radius 3 is 2.57 bits per heavy atom. The van der Waals surface area contributed by atoms with E-state index in [4.69, 9.17) is 5.73 Å². The largest absolute Gasteiger partial charge is 0.339 e. The molecule has 1 aliphatic rings. The molecule has 0 atom stereocenters. The molecule has 0 aliphatic carbocycles. The molecule has 0 spiro atoms. The molecule has 14 heavy (non-hydrogen) atoms. The summed E-state index contributed by atoms with van der Waals surface area (Å²) in [6.07, 6.45) is 0. The molecule has 1 amide bonds. The predicted molar refractivity (Wildman–Crippen MR) is 56.0 cm³/mol. The lowest BCUT2D eigenvalue weighted by Crippen LogP contribution is -2.49. The van der Waals surface area contributed by atoms with E-state index in [2.05, 4.69) is 17.3 Å². The number of piperazine rings is 1. The first-order valence-electron chi connectivity index (χ1n) is 5.11. The Morgan fingerprint density at radius 2 is 2.00 bits per heavy atom. The summed E-state index contributed by atoms with van der Waals surface area (Å²) in [6.45, 7) is 5.35. The molecule has 5 heteroatoms. The van der Waals surface area contributed by atoms with Crippen molar-refractivity contribution in [1.82, 2.24) is 15.1 Å². The van der Waals surface area contributed by atoms with E-state index in [1.54, 1.807) is 0 Å². The van der Waals surface area contributed by atoms with Crippen LogP contribution in [-0.2, 0) is 4.79 Å². The van der Waals surface area contributed by atoms with Crippen LogP contribution in [0.4, 0.5) is 0 Å². The van der Waals surface area contributed by atoms with Gasteiger partial charge in [-0.3, -0.25) is 4.79 Å². The second-order valence-corrected chi connectivity index (χ2v) is 3.65. The zero-order valence-corrected chi connectivity index (χ0v) is 8.83. The Kier molecular flexibility index (Phi) is 4.86. The molecule has 0 unspecified atom stereocenters. The first kappa shape index (κ1) is 11.4. The van der Waals surface area contributed by atoms with E-state index < -0.39 is 0 Å². The monoisotopic (exact) mass is 200 g/mol. The minimum Gasteiger partial charge on any atom is -0.339 e. The average Bonchev–Trinajstić information content (AvgIpc) is 2.19. The number of nitrogens with one attached hydrogen (secondary N) is 1. The molecule has 82 valence electrons. The summed E-state index contributed by atoms with van der Waals surface area (Å²) in [5.74, 6) is 0.187. The molecule has 0 aromatic heterocycles. The third kappa shape index (κ3) is 3.61. The van der Waals surface area contributed by atoms with Crippen molar-refractivity contribution in [2.45, 2.75) is 0 Å². The van der Waals surface area contributed by atoms with Crippen LogP contribution in [0.15, 0.2) is 0 Å². The van der Waals surface area contributed by atoms with Crippen LogP contribution >= 0.6 is 0 Å². The maximum Gasteiger partial charge on any atom is 0.236 e. The Balaban J connectivity index is 2.17. The number of rotatable bonds is 4. The van der Waals surface area contributed by atoms with Gasteiger partial charge in [0.25, 0.3) is 0 Å². The third-order valence-electron chi connectivity index (χ3n) is 2.45. The van der Waals surface area contributed by atoms with E-state index in [0.717, 1.165) is 26.2 Å². The molecule has 1 saturated heterocycles. The number of carbonyl (C=O) groups is 1. The molecule has 0 saturated carbocycles. The fourth-order valence-corrected chi connectivity index (χ4v) is 1.47. The highest BCUT2D eigenvalue weighted by Gasteiger charge is 2.17. The van der Waals surface area contributed by atoms with Crippen molar-refractivity contribution in [1.29, 1.82) is 0 Å². The number of carbonyl (C=O) groups excluding carboxylic acids is 1. The molecule has 0 aromatic carbocycles. The second kappa shape index (κ2) is 5.95. The van der Waals surface area contributed by atoms with E-state index in [1.165, 1.54) is 0 Å². The van der Waals surface area contributed by atoms with Gasteiger partial charge in [0.1, 0.15) is 0 Å². The highest BCUT2D eigenvalue weighted by atomic mass is 16.2. The number of hydrogen-bond donors (Lipinski definition) is 2. The third-order valence-corrected chi connectivity index (χ3v) is 2.45. The summed E-state index contributed by atoms with van der Waals surface area (Å²) in [5.41, 5.74) is 5.32. The standard InChI is InChI=1S/C9H20N4O/c1-12-4-6-13(7-5-12)9(14)8-11-3-2-10/h11H,2-8,10H2,1H3. The van der Waals surface area contributed by atoms with Gasteiger partial charge in [-0.2, -0.15) is 0 Å². The van der Waals surface area contributed by atoms with Crippen LogP contribution in [0, 0.1) is 0 Å². The van der Waals surface area contributed by atoms with Crippen molar-refractivity contribution in [3.8, 4) is 0 Å². The highest BCUT2D eigenvalue weighted by molar-refractivity contribution is 5.78. The predicted octanol–water partition coefficient (Wildman–Crippen LogP) is -1.69. The normalized spacial score (nSPS) is 18.6. The summed E-state index contributed by atoms with van der Waals surface area (Å²) >= 11 is 0. The molecular formula is C9H20N4O. The van der Waals surface area contributed by atoms with Crippen LogP contribution < -0.4 is 11.1 Å². The summed E-state index contributed by atoms with van der Waals surface area (Å²) < 4.78 is 0. The van der Waals surface area contributed by atoms with E-state index >= 15 is 0 Å². The van der Waals surface area contributed by atoms with Crippen LogP contribution in [-0.4, -0.2) is 68.6 Å². The molecule has 5 nitrogen and oxygen atoms in total. The smallest absolute Gasteiger partial charge is 0.236 e. The zero-order chi connectivity index (χ0) is 10.4. The van der Waals surface area contributed by atoms with Gasteiger partial charge in [-0.1, -0.05) is 0 Å². The van der Waals surface area contributed by atoms with Crippen LogP contribution in [0.2, 0.25) is 0 Å². The lowest BCUT2D eigenvalue weighted by molar-refractivity contribution is -0.131. The van der Waals surface area contributed by atoms with Gasteiger partial charge in [0.2, 0.25) is 5.91 Å². The minimum absolute atomic E-state index is 0.187. The van der Waals surface area contributed by atoms with Crippen LogP contribution in [0.1, 0.15) is 0 Å². The van der Waals surface area contributed by atoms with Crippen molar-refractivity contribution < 1.29 is 4.79 Å². The summed E-state index contributed by atoms with van der Waals surface area (Å²) in [5, 5.41) is 3.01. The topological polar surface area (TPSA) is 61.6 Å². The minimum atomic E-state index is 0.187. The maximum atomic E-state index is 11.6. The molecular weight excluding hydrogens is 180 g/mol. The van der Waals surface area contributed by atoms with Gasteiger partial charge in [-0.15, -0.1) is 0 Å². The lowest BCUT2D eigenvalue weighted by Gasteiger charge is -2.32. The molecule has 0 bridgehead atoms. The van der Waals surface area contributed by atoms with Crippen molar-refractivity contribution in [2.24, 2.45) is 5.73 Å². The van der Waals surface area contributed by atoms with Gasteiger partial charge in [-0.05, 0) is 7.05 Å². The fourth-order valence-electron chi connectivity index (χ4n) is 1.47. The number of nitrogens with zero attached hydrogens (tertiary/aromatic N) is 2. The molecule has 0 radical (unpaired) electrons. The number of nitrogens with two attached hydrogens (primary N) is 1. The van der Waals surface area contributed by atoms with E-state index in [0.29, 0.717) is 19.6 Å². The summed E-state index contributed by atoms with van der Waals surface area (Å²) in [4.78, 5) is 15.7. The van der Waals surface area contributed by atoms with Gasteiger partial charge in [0.15, 0.2) is 0 Å². The van der Waals surface area contributed by atoms with Crippen molar-refractivity contribution in [3.63, 3.8) is 0 Å². The maximum absolute atomic E-state index is 11.6. The average molecular weight is 200 g/mol. The van der Waals surface area contributed by atoms with Gasteiger partial charge in [0.05, 0.1) is 6.54 Å².